The van der Waals surface area contributed by atoms with Crippen LogP contribution in [-0.4, -0.2) is 15.1 Å². The van der Waals surface area contributed by atoms with Crippen LogP contribution in [0.15, 0.2) is 33.5 Å². The van der Waals surface area contributed by atoms with Gasteiger partial charge < -0.3 is 10.1 Å². The van der Waals surface area contributed by atoms with Gasteiger partial charge in [0, 0.05) is 4.47 Å². The highest BCUT2D eigenvalue weighted by atomic mass is 79.9. The maximum Gasteiger partial charge on any atom is 0.260 e. The van der Waals surface area contributed by atoms with Crippen LogP contribution < -0.4 is 5.56 Å². The first kappa shape index (κ1) is 13.5. The van der Waals surface area contributed by atoms with Crippen LogP contribution in [0, 0.1) is 16.1 Å². The van der Waals surface area contributed by atoms with Crippen LogP contribution >= 0.6 is 28.1 Å². The number of halogens is 1. The molecule has 0 amide bonds. The SMILES string of the molecule is N#CC(c1ccc(Br)cc1)c1c(O)[nH]c(=S)[nH]c1=O. The molecule has 2 rings (SSSR count). The van der Waals surface area contributed by atoms with Gasteiger partial charge in [-0.05, 0) is 29.9 Å². The summed E-state index contributed by atoms with van der Waals surface area (Å²) in [5, 5.41) is 19.0. The largest absolute Gasteiger partial charge is 0.494 e. The van der Waals surface area contributed by atoms with Crippen molar-refractivity contribution in [3.05, 3.63) is 55.0 Å². The van der Waals surface area contributed by atoms with E-state index in [1.54, 1.807) is 24.3 Å². The Balaban J connectivity index is 2.62. The van der Waals surface area contributed by atoms with Crippen LogP contribution in [0.3, 0.4) is 0 Å². The van der Waals surface area contributed by atoms with Gasteiger partial charge in [-0.25, -0.2) is 0 Å². The second kappa shape index (κ2) is 5.38. The van der Waals surface area contributed by atoms with Crippen LogP contribution in [-0.2, 0) is 0 Å². The summed E-state index contributed by atoms with van der Waals surface area (Å²) in [5.74, 6) is -1.26. The van der Waals surface area contributed by atoms with Gasteiger partial charge in [0.05, 0.1) is 11.6 Å². The lowest BCUT2D eigenvalue weighted by molar-refractivity contribution is 0.441. The van der Waals surface area contributed by atoms with Gasteiger partial charge in [-0.3, -0.25) is 9.78 Å². The van der Waals surface area contributed by atoms with E-state index in [2.05, 4.69) is 25.9 Å². The van der Waals surface area contributed by atoms with Gasteiger partial charge in [0.1, 0.15) is 5.92 Å². The molecule has 3 N–H and O–H groups in total. The molecule has 0 fully saturated rings. The van der Waals surface area contributed by atoms with Crippen LogP contribution in [0.1, 0.15) is 17.0 Å². The summed E-state index contributed by atoms with van der Waals surface area (Å²) in [6.45, 7) is 0. The van der Waals surface area contributed by atoms with Gasteiger partial charge in [0.15, 0.2) is 4.77 Å². The highest BCUT2D eigenvalue weighted by Crippen LogP contribution is 2.27. The molecule has 0 spiro atoms. The Morgan fingerprint density at radius 1 is 1.32 bits per heavy atom. The second-order valence-electron chi connectivity index (χ2n) is 3.78. The average molecular weight is 338 g/mol. The minimum Gasteiger partial charge on any atom is -0.494 e. The van der Waals surface area contributed by atoms with E-state index in [1.165, 1.54) is 0 Å². The molecule has 0 saturated heterocycles. The standard InChI is InChI=1S/C12H8BrN3O2S/c13-7-3-1-6(2-4-7)8(5-14)9-10(17)15-12(19)16-11(9)18/h1-4,8H,(H3,15,16,17,18,19). The number of nitrogens with zero attached hydrogens (tertiary/aromatic N) is 1. The van der Waals surface area contributed by atoms with Crippen molar-refractivity contribution in [2.45, 2.75) is 5.92 Å². The lowest BCUT2D eigenvalue weighted by Gasteiger charge is -2.10. The van der Waals surface area contributed by atoms with Crippen LogP contribution in [0.5, 0.6) is 5.88 Å². The lowest BCUT2D eigenvalue weighted by atomic mass is 9.94. The maximum absolute atomic E-state index is 11.8. The van der Waals surface area contributed by atoms with Gasteiger partial charge in [0.25, 0.3) is 5.56 Å². The van der Waals surface area contributed by atoms with Gasteiger partial charge in [0.2, 0.25) is 5.88 Å². The van der Waals surface area contributed by atoms with Gasteiger partial charge in [-0.2, -0.15) is 5.26 Å². The Hall–Kier alpha value is -1.91. The summed E-state index contributed by atoms with van der Waals surface area (Å²) in [7, 11) is 0. The first-order valence-corrected chi connectivity index (χ1v) is 6.43. The summed E-state index contributed by atoms with van der Waals surface area (Å²) in [6.07, 6.45) is 0. The molecule has 0 radical (unpaired) electrons. The summed E-state index contributed by atoms with van der Waals surface area (Å²) < 4.78 is 0.872. The molecule has 0 saturated carbocycles. The van der Waals surface area contributed by atoms with Gasteiger partial charge in [-0.15, -0.1) is 0 Å². The van der Waals surface area contributed by atoms with E-state index in [4.69, 9.17) is 12.2 Å². The third-order valence-corrected chi connectivity index (χ3v) is 3.31. The first-order valence-electron chi connectivity index (χ1n) is 5.23. The zero-order chi connectivity index (χ0) is 14.0. The molecule has 5 nitrogen and oxygen atoms in total. The molecule has 0 aliphatic rings. The number of aromatic nitrogens is 2. The topological polar surface area (TPSA) is 92.7 Å². The van der Waals surface area contributed by atoms with E-state index in [1.807, 2.05) is 6.07 Å². The van der Waals surface area contributed by atoms with Crippen LogP contribution in [0.4, 0.5) is 0 Å². The van der Waals surface area contributed by atoms with Gasteiger partial charge >= 0.3 is 0 Å². The Morgan fingerprint density at radius 3 is 2.47 bits per heavy atom. The molecular weight excluding hydrogens is 330 g/mol. The van der Waals surface area contributed by atoms with E-state index >= 15 is 0 Å². The highest BCUT2D eigenvalue weighted by Gasteiger charge is 2.21. The zero-order valence-electron chi connectivity index (χ0n) is 9.48. The number of hydrogen-bond acceptors (Lipinski definition) is 4. The molecular formula is C12H8BrN3O2S. The van der Waals surface area contributed by atoms with E-state index in [9.17, 15) is 15.2 Å². The smallest absolute Gasteiger partial charge is 0.260 e. The molecule has 19 heavy (non-hydrogen) atoms. The van der Waals surface area contributed by atoms with Crippen LogP contribution in [0.25, 0.3) is 0 Å². The number of benzene rings is 1. The van der Waals surface area contributed by atoms with Crippen molar-refractivity contribution in [1.29, 1.82) is 5.26 Å². The molecule has 2 aromatic rings. The second-order valence-corrected chi connectivity index (χ2v) is 5.11. The molecule has 1 unspecified atom stereocenters. The summed E-state index contributed by atoms with van der Waals surface area (Å²) in [4.78, 5) is 16.6. The highest BCUT2D eigenvalue weighted by molar-refractivity contribution is 9.10. The lowest BCUT2D eigenvalue weighted by Crippen LogP contribution is -2.17. The van der Waals surface area contributed by atoms with Crippen molar-refractivity contribution in [1.82, 2.24) is 9.97 Å². The predicted molar refractivity (Wildman–Crippen MR) is 75.5 cm³/mol. The summed E-state index contributed by atoms with van der Waals surface area (Å²) in [6, 6.07) is 8.94. The Morgan fingerprint density at radius 2 is 1.95 bits per heavy atom. The molecule has 1 aromatic carbocycles. The number of aromatic hydroxyl groups is 1. The molecule has 1 atom stereocenters. The fraction of sp³-hybridized carbons (Fsp3) is 0.0833. The Bertz CT molecular complexity index is 758. The van der Waals surface area contributed by atoms with Crippen molar-refractivity contribution < 1.29 is 5.11 Å². The van der Waals surface area contributed by atoms with Crippen LogP contribution in [0.2, 0.25) is 0 Å². The Kier molecular flexibility index (Phi) is 3.83. The monoisotopic (exact) mass is 337 g/mol. The quantitative estimate of drug-likeness (QED) is 0.734. The molecule has 0 aliphatic carbocycles. The minimum absolute atomic E-state index is 0.0127. The molecule has 1 aromatic heterocycles. The normalized spacial score (nSPS) is 11.8. The van der Waals surface area contributed by atoms with Crippen molar-refractivity contribution in [3.63, 3.8) is 0 Å². The zero-order valence-corrected chi connectivity index (χ0v) is 11.9. The van der Waals surface area contributed by atoms with Crippen molar-refractivity contribution in [2.75, 3.05) is 0 Å². The molecule has 0 aliphatic heterocycles. The predicted octanol–water partition coefficient (Wildman–Crippen LogP) is 2.56. The van der Waals surface area contributed by atoms with Crippen molar-refractivity contribution >= 4 is 28.1 Å². The Labute approximate surface area is 121 Å². The summed E-state index contributed by atoms with van der Waals surface area (Å²) >= 11 is 8.03. The third kappa shape index (κ3) is 2.75. The number of nitriles is 1. The van der Waals surface area contributed by atoms with E-state index in [-0.39, 0.29) is 16.2 Å². The van der Waals surface area contributed by atoms with E-state index in [0.717, 1.165) is 4.47 Å². The fourth-order valence-corrected chi connectivity index (χ4v) is 2.17. The third-order valence-electron chi connectivity index (χ3n) is 2.58. The summed E-state index contributed by atoms with van der Waals surface area (Å²) in [5.41, 5.74) is -0.00819. The molecule has 0 bridgehead atoms. The minimum atomic E-state index is -0.872. The number of hydrogen-bond donors (Lipinski definition) is 3. The number of H-pyrrole nitrogens is 2. The van der Waals surface area contributed by atoms with Crippen molar-refractivity contribution in [2.24, 2.45) is 0 Å². The van der Waals surface area contributed by atoms with E-state index < -0.39 is 11.5 Å². The molecule has 96 valence electrons. The number of aromatic amines is 2. The molecule has 7 heteroatoms. The average Bonchev–Trinajstić information content (AvgIpc) is 2.35. The maximum atomic E-state index is 11.8. The number of rotatable bonds is 2. The van der Waals surface area contributed by atoms with Gasteiger partial charge in [-0.1, -0.05) is 28.1 Å². The fourth-order valence-electron chi connectivity index (χ4n) is 1.71. The van der Waals surface area contributed by atoms with Crippen molar-refractivity contribution in [3.8, 4) is 11.9 Å². The van der Waals surface area contributed by atoms with E-state index in [0.29, 0.717) is 5.56 Å². The first-order chi connectivity index (χ1) is 9.02. The molecule has 1 heterocycles. The number of nitrogens with one attached hydrogen (secondary N) is 2.